The van der Waals surface area contributed by atoms with Gasteiger partial charge < -0.3 is 13.7 Å². The predicted octanol–water partition coefficient (Wildman–Crippen LogP) is 12.2. The molecule has 0 fully saturated rings. The molecule has 2 aliphatic rings. The second kappa shape index (κ2) is 9.68. The van der Waals surface area contributed by atoms with Gasteiger partial charge in [0, 0.05) is 43.1 Å². The molecule has 2 unspecified atom stereocenters. The summed E-state index contributed by atoms with van der Waals surface area (Å²) in [5, 5.41) is 8.25. The van der Waals surface area contributed by atoms with Crippen LogP contribution in [0.15, 0.2) is 148 Å². The monoisotopic (exact) mass is 659 g/mol. The summed E-state index contributed by atoms with van der Waals surface area (Å²) in [6.07, 6.45) is 9.02. The van der Waals surface area contributed by atoms with Gasteiger partial charge in [0.2, 0.25) is 0 Å². The van der Waals surface area contributed by atoms with Crippen LogP contribution >= 0.6 is 11.3 Å². The van der Waals surface area contributed by atoms with Crippen molar-refractivity contribution in [2.75, 3.05) is 4.90 Å². The van der Waals surface area contributed by atoms with E-state index in [2.05, 4.69) is 102 Å². The van der Waals surface area contributed by atoms with E-state index in [0.717, 1.165) is 49.8 Å². The number of thiophene rings is 1. The van der Waals surface area contributed by atoms with E-state index in [0.29, 0.717) is 11.4 Å². The van der Waals surface area contributed by atoms with E-state index >= 15 is 0 Å². The zero-order valence-electron chi connectivity index (χ0n) is 26.5. The van der Waals surface area contributed by atoms with Crippen LogP contribution in [0.4, 0.5) is 11.5 Å². The third-order valence-electron chi connectivity index (χ3n) is 10.6. The van der Waals surface area contributed by atoms with E-state index in [1.54, 1.807) is 0 Å². The van der Waals surface area contributed by atoms with E-state index in [1.165, 1.54) is 42.2 Å². The molecule has 12 rings (SSSR count). The lowest BCUT2D eigenvalue weighted by atomic mass is 9.87. The summed E-state index contributed by atoms with van der Waals surface area (Å²) < 4.78 is 15.5. The molecule has 0 amide bonds. The minimum Gasteiger partial charge on any atom is -0.456 e. The van der Waals surface area contributed by atoms with Gasteiger partial charge in [0.25, 0.3) is 0 Å². The number of anilines is 2. The average molecular weight is 660 g/mol. The van der Waals surface area contributed by atoms with Crippen molar-refractivity contribution >= 4 is 97.8 Å². The van der Waals surface area contributed by atoms with Crippen LogP contribution in [-0.4, -0.2) is 16.0 Å². The first-order valence-corrected chi connectivity index (χ1v) is 17.7. The average Bonchev–Trinajstić information content (AvgIpc) is 3.93. The van der Waals surface area contributed by atoms with Crippen LogP contribution in [0.2, 0.25) is 0 Å². The summed E-state index contributed by atoms with van der Waals surface area (Å²) in [5.41, 5.74) is 7.49. The number of benzene rings is 6. The van der Waals surface area contributed by atoms with Gasteiger partial charge in [-0.25, -0.2) is 9.97 Å². The molecule has 5 heterocycles. The molecule has 0 saturated carbocycles. The molecule has 4 aromatic heterocycles. The number of rotatable bonds is 2. The Kier molecular flexibility index (Phi) is 5.17. The van der Waals surface area contributed by atoms with Crippen LogP contribution in [0.1, 0.15) is 11.5 Å². The van der Waals surface area contributed by atoms with Crippen LogP contribution < -0.4 is 4.90 Å². The Morgan fingerprint density at radius 2 is 1.30 bits per heavy atom. The third-order valence-corrected chi connectivity index (χ3v) is 11.8. The van der Waals surface area contributed by atoms with Gasteiger partial charge in [-0.15, -0.1) is 11.3 Å². The summed E-state index contributed by atoms with van der Waals surface area (Å²) in [7, 11) is 0. The van der Waals surface area contributed by atoms with E-state index in [-0.39, 0.29) is 12.0 Å². The SMILES string of the molecule is C1=CC2c3c(c4sc5ccccc5c4c4ccccc34)N(c3nc(-c4ccc5oc6ccccc6c5c4)nc4c3oc3ccccc34)C2C=C1. The molecule has 0 spiro atoms. The minimum absolute atomic E-state index is 0.00804. The van der Waals surface area contributed by atoms with Gasteiger partial charge in [-0.05, 0) is 58.8 Å². The van der Waals surface area contributed by atoms with Crippen molar-refractivity contribution in [3.63, 3.8) is 0 Å². The molecule has 0 saturated heterocycles. The Morgan fingerprint density at radius 1 is 0.600 bits per heavy atom. The van der Waals surface area contributed by atoms with Crippen LogP contribution in [0.5, 0.6) is 0 Å². The highest BCUT2D eigenvalue weighted by Crippen LogP contribution is 2.57. The molecule has 1 aliphatic carbocycles. The standard InChI is InChI=1S/C44H25N3O2S/c1-2-13-27-26(12-1)37-28-14-3-7-17-32(28)47(40(37)42-38(27)30-16-6-10-20-36(30)50-42)44-41-39(29-15-5-9-19-34(29)49-41)45-43(46-44)24-21-22-35-31(23-24)25-11-4-8-18-33(25)48-35/h1-23,28,32H. The number of nitrogens with zero attached hydrogens (tertiary/aromatic N) is 3. The number of allylic oxidation sites excluding steroid dienone is 2. The summed E-state index contributed by atoms with van der Waals surface area (Å²) in [6, 6.07) is 40.3. The van der Waals surface area contributed by atoms with Gasteiger partial charge in [0.15, 0.2) is 17.2 Å². The Morgan fingerprint density at radius 3 is 2.18 bits per heavy atom. The quantitative estimate of drug-likeness (QED) is 0.185. The molecular formula is C44H25N3O2S. The number of aromatic nitrogens is 2. The highest BCUT2D eigenvalue weighted by Gasteiger charge is 2.43. The minimum atomic E-state index is 0.00804. The normalized spacial score (nSPS) is 17.0. The highest BCUT2D eigenvalue weighted by atomic mass is 32.1. The second-order valence-corrected chi connectivity index (χ2v) is 14.3. The maximum Gasteiger partial charge on any atom is 0.196 e. The van der Waals surface area contributed by atoms with Gasteiger partial charge in [0.05, 0.1) is 16.4 Å². The summed E-state index contributed by atoms with van der Waals surface area (Å²) in [4.78, 5) is 13.2. The summed E-state index contributed by atoms with van der Waals surface area (Å²) >= 11 is 1.87. The molecule has 1 aliphatic heterocycles. The fourth-order valence-electron chi connectivity index (χ4n) is 8.48. The smallest absolute Gasteiger partial charge is 0.196 e. The van der Waals surface area contributed by atoms with Crippen molar-refractivity contribution in [2.45, 2.75) is 12.0 Å². The van der Waals surface area contributed by atoms with Crippen molar-refractivity contribution in [1.82, 2.24) is 9.97 Å². The molecule has 6 heteroatoms. The topological polar surface area (TPSA) is 55.3 Å². The van der Waals surface area contributed by atoms with Crippen LogP contribution in [0.3, 0.4) is 0 Å². The maximum atomic E-state index is 6.74. The van der Waals surface area contributed by atoms with E-state index in [4.69, 9.17) is 18.8 Å². The van der Waals surface area contributed by atoms with E-state index in [1.807, 2.05) is 53.8 Å². The first kappa shape index (κ1) is 26.7. The first-order valence-electron chi connectivity index (χ1n) is 16.9. The van der Waals surface area contributed by atoms with Crippen molar-refractivity contribution < 1.29 is 8.83 Å². The molecule has 0 radical (unpaired) electrons. The number of fused-ring (bicyclic) bond motifs is 16. The Labute approximate surface area is 289 Å². The largest absolute Gasteiger partial charge is 0.456 e. The molecule has 0 bridgehead atoms. The molecular weight excluding hydrogens is 635 g/mol. The molecule has 6 aromatic carbocycles. The lowest BCUT2D eigenvalue weighted by Crippen LogP contribution is -2.29. The van der Waals surface area contributed by atoms with Gasteiger partial charge in [-0.1, -0.05) is 97.1 Å². The molecule has 5 nitrogen and oxygen atoms in total. The van der Waals surface area contributed by atoms with Crippen LogP contribution in [0.25, 0.3) is 86.3 Å². The summed E-state index contributed by atoms with van der Waals surface area (Å²) in [6.45, 7) is 0. The fourth-order valence-corrected chi connectivity index (χ4v) is 9.75. The fraction of sp³-hybridized carbons (Fsp3) is 0.0455. The van der Waals surface area contributed by atoms with E-state index in [9.17, 15) is 0 Å². The first-order chi connectivity index (χ1) is 24.8. The number of para-hydroxylation sites is 2. The molecule has 234 valence electrons. The molecule has 2 atom stereocenters. The predicted molar refractivity (Wildman–Crippen MR) is 206 cm³/mol. The van der Waals surface area contributed by atoms with Gasteiger partial charge in [-0.3, -0.25) is 0 Å². The van der Waals surface area contributed by atoms with Gasteiger partial charge in [0.1, 0.15) is 22.3 Å². The van der Waals surface area contributed by atoms with Crippen molar-refractivity contribution in [2.24, 2.45) is 0 Å². The summed E-state index contributed by atoms with van der Waals surface area (Å²) in [5.74, 6) is 1.57. The lowest BCUT2D eigenvalue weighted by Gasteiger charge is -2.28. The molecule has 50 heavy (non-hydrogen) atoms. The Hall–Kier alpha value is -6.24. The van der Waals surface area contributed by atoms with E-state index < -0.39 is 0 Å². The maximum absolute atomic E-state index is 6.74. The number of hydrogen-bond donors (Lipinski definition) is 0. The van der Waals surface area contributed by atoms with Crippen molar-refractivity contribution in [3.8, 4) is 11.4 Å². The van der Waals surface area contributed by atoms with Gasteiger partial charge >= 0.3 is 0 Å². The zero-order chi connectivity index (χ0) is 32.5. The van der Waals surface area contributed by atoms with Crippen LogP contribution in [-0.2, 0) is 0 Å². The Bertz CT molecular complexity index is 3140. The van der Waals surface area contributed by atoms with Crippen molar-refractivity contribution in [1.29, 1.82) is 0 Å². The second-order valence-electron chi connectivity index (χ2n) is 13.2. The highest BCUT2D eigenvalue weighted by molar-refractivity contribution is 7.26. The third kappa shape index (κ3) is 3.45. The van der Waals surface area contributed by atoms with Crippen LogP contribution in [0, 0.1) is 0 Å². The van der Waals surface area contributed by atoms with Gasteiger partial charge in [-0.2, -0.15) is 0 Å². The number of hydrogen-bond acceptors (Lipinski definition) is 6. The molecule has 10 aromatic rings. The molecule has 0 N–H and O–H groups in total. The zero-order valence-corrected chi connectivity index (χ0v) is 27.3. The lowest BCUT2D eigenvalue weighted by molar-refractivity contribution is 0.659. The van der Waals surface area contributed by atoms with Crippen molar-refractivity contribution in [3.05, 3.63) is 145 Å². The number of furan rings is 2. The Balaban J connectivity index is 1.21.